The van der Waals surface area contributed by atoms with Crippen LogP contribution >= 0.6 is 11.8 Å². The Bertz CT molecular complexity index is 316. The Kier molecular flexibility index (Phi) is 3.11. The van der Waals surface area contributed by atoms with Crippen molar-refractivity contribution in [2.24, 2.45) is 5.73 Å². The summed E-state index contributed by atoms with van der Waals surface area (Å²) < 4.78 is 0. The summed E-state index contributed by atoms with van der Waals surface area (Å²) in [4.78, 5) is 1.30. The predicted molar refractivity (Wildman–Crippen MR) is 59.6 cm³/mol. The molecule has 0 saturated carbocycles. The van der Waals surface area contributed by atoms with Gasteiger partial charge >= 0.3 is 0 Å². The molecule has 0 fully saturated rings. The summed E-state index contributed by atoms with van der Waals surface area (Å²) in [6.07, 6.45) is 0.636. The summed E-state index contributed by atoms with van der Waals surface area (Å²) in [5.41, 5.74) is 6.77. The molecule has 2 nitrogen and oxygen atoms in total. The first kappa shape index (κ1) is 10.0. The highest BCUT2D eigenvalue weighted by Crippen LogP contribution is 2.38. The molecule has 0 radical (unpaired) electrons. The summed E-state index contributed by atoms with van der Waals surface area (Å²) >= 11 is 1.87. The molecule has 0 spiro atoms. The lowest BCUT2D eigenvalue weighted by Gasteiger charge is -2.28. The maximum Gasteiger partial charge on any atom is 0.0731 e. The molecular weight excluding hydrogens is 194 g/mol. The second kappa shape index (κ2) is 4.34. The van der Waals surface area contributed by atoms with Gasteiger partial charge < -0.3 is 10.8 Å². The SMILES string of the molecule is NCC(O)C1CCSc2ccccc21. The van der Waals surface area contributed by atoms with E-state index < -0.39 is 6.10 Å². The third kappa shape index (κ3) is 1.80. The molecule has 1 aliphatic rings. The van der Waals surface area contributed by atoms with Crippen LogP contribution in [-0.4, -0.2) is 23.5 Å². The van der Waals surface area contributed by atoms with Crippen molar-refractivity contribution < 1.29 is 5.11 Å². The molecule has 14 heavy (non-hydrogen) atoms. The van der Waals surface area contributed by atoms with Gasteiger partial charge in [-0.1, -0.05) is 18.2 Å². The van der Waals surface area contributed by atoms with E-state index in [0.717, 1.165) is 12.2 Å². The zero-order chi connectivity index (χ0) is 9.97. The van der Waals surface area contributed by atoms with Crippen LogP contribution in [0.5, 0.6) is 0 Å². The average molecular weight is 209 g/mol. The van der Waals surface area contributed by atoms with E-state index in [2.05, 4.69) is 12.1 Å². The van der Waals surface area contributed by atoms with Crippen molar-refractivity contribution in [3.63, 3.8) is 0 Å². The van der Waals surface area contributed by atoms with Gasteiger partial charge in [0.25, 0.3) is 0 Å². The summed E-state index contributed by atoms with van der Waals surface area (Å²) in [5.74, 6) is 1.32. The Morgan fingerprint density at radius 1 is 1.50 bits per heavy atom. The van der Waals surface area contributed by atoms with Crippen LogP contribution in [0.3, 0.4) is 0 Å². The Hall–Kier alpha value is -0.510. The topological polar surface area (TPSA) is 46.2 Å². The van der Waals surface area contributed by atoms with Crippen molar-refractivity contribution in [1.29, 1.82) is 0 Å². The number of rotatable bonds is 2. The number of hydrogen-bond acceptors (Lipinski definition) is 3. The summed E-state index contributed by atoms with van der Waals surface area (Å²) in [6.45, 7) is 0.351. The Balaban J connectivity index is 2.30. The third-order valence-electron chi connectivity index (χ3n) is 2.71. The zero-order valence-electron chi connectivity index (χ0n) is 8.02. The van der Waals surface area contributed by atoms with Gasteiger partial charge in [-0.15, -0.1) is 11.8 Å². The molecular formula is C11H15NOS. The van der Waals surface area contributed by atoms with E-state index in [1.54, 1.807) is 0 Å². The van der Waals surface area contributed by atoms with Crippen molar-refractivity contribution in [3.8, 4) is 0 Å². The van der Waals surface area contributed by atoms with E-state index in [1.165, 1.54) is 10.5 Å². The molecule has 2 rings (SSSR count). The summed E-state index contributed by atoms with van der Waals surface area (Å²) in [5, 5.41) is 9.80. The van der Waals surface area contributed by atoms with Crippen molar-refractivity contribution in [1.82, 2.24) is 0 Å². The van der Waals surface area contributed by atoms with Crippen LogP contribution in [0.1, 0.15) is 17.9 Å². The monoisotopic (exact) mass is 209 g/mol. The van der Waals surface area contributed by atoms with E-state index in [1.807, 2.05) is 23.9 Å². The first-order valence-electron chi connectivity index (χ1n) is 4.93. The molecule has 3 N–H and O–H groups in total. The van der Waals surface area contributed by atoms with Crippen LogP contribution in [0.15, 0.2) is 29.2 Å². The molecule has 0 saturated heterocycles. The van der Waals surface area contributed by atoms with Gasteiger partial charge in [0.15, 0.2) is 0 Å². The average Bonchev–Trinajstić information content (AvgIpc) is 2.27. The Morgan fingerprint density at radius 3 is 3.07 bits per heavy atom. The van der Waals surface area contributed by atoms with Gasteiger partial charge in [0, 0.05) is 17.4 Å². The molecule has 2 atom stereocenters. The quantitative estimate of drug-likeness (QED) is 0.777. The lowest BCUT2D eigenvalue weighted by molar-refractivity contribution is 0.147. The Labute approximate surface area is 88.5 Å². The zero-order valence-corrected chi connectivity index (χ0v) is 8.83. The largest absolute Gasteiger partial charge is 0.391 e. The van der Waals surface area contributed by atoms with Crippen molar-refractivity contribution in [2.45, 2.75) is 23.3 Å². The molecule has 3 heteroatoms. The van der Waals surface area contributed by atoms with E-state index in [9.17, 15) is 5.11 Å². The lowest BCUT2D eigenvalue weighted by Crippen LogP contribution is -2.29. The maximum absolute atomic E-state index is 9.80. The molecule has 2 unspecified atom stereocenters. The fourth-order valence-electron chi connectivity index (χ4n) is 1.93. The summed E-state index contributed by atoms with van der Waals surface area (Å²) in [6, 6.07) is 8.30. The van der Waals surface area contributed by atoms with Crippen LogP contribution in [-0.2, 0) is 0 Å². The van der Waals surface area contributed by atoms with Gasteiger partial charge in [0.05, 0.1) is 6.10 Å². The van der Waals surface area contributed by atoms with Crippen molar-refractivity contribution >= 4 is 11.8 Å². The smallest absolute Gasteiger partial charge is 0.0731 e. The van der Waals surface area contributed by atoms with E-state index in [-0.39, 0.29) is 5.92 Å². The highest BCUT2D eigenvalue weighted by molar-refractivity contribution is 7.99. The molecule has 0 bridgehead atoms. The minimum Gasteiger partial charge on any atom is -0.391 e. The number of aliphatic hydroxyl groups excluding tert-OH is 1. The van der Waals surface area contributed by atoms with E-state index in [4.69, 9.17) is 5.73 Å². The minimum atomic E-state index is -0.392. The first-order valence-corrected chi connectivity index (χ1v) is 5.91. The molecule has 0 amide bonds. The fourth-order valence-corrected chi connectivity index (χ4v) is 3.09. The van der Waals surface area contributed by atoms with Gasteiger partial charge in [-0.2, -0.15) is 0 Å². The highest BCUT2D eigenvalue weighted by atomic mass is 32.2. The first-order chi connectivity index (χ1) is 6.83. The predicted octanol–water partition coefficient (Wildman–Crippen LogP) is 1.59. The molecule has 1 heterocycles. The second-order valence-corrected chi connectivity index (χ2v) is 4.72. The normalized spacial score (nSPS) is 22.9. The standard InChI is InChI=1S/C11H15NOS/c12-7-10(13)8-5-6-14-11-4-2-1-3-9(8)11/h1-4,8,10,13H,5-7,12H2. The number of hydrogen-bond donors (Lipinski definition) is 2. The van der Waals surface area contributed by atoms with E-state index >= 15 is 0 Å². The number of aliphatic hydroxyl groups is 1. The fraction of sp³-hybridized carbons (Fsp3) is 0.455. The molecule has 0 aromatic heterocycles. The summed E-state index contributed by atoms with van der Waals surface area (Å²) in [7, 11) is 0. The molecule has 1 aliphatic heterocycles. The number of nitrogens with two attached hydrogens (primary N) is 1. The molecule has 76 valence electrons. The van der Waals surface area contributed by atoms with Crippen LogP contribution < -0.4 is 5.73 Å². The van der Waals surface area contributed by atoms with Crippen molar-refractivity contribution in [3.05, 3.63) is 29.8 Å². The van der Waals surface area contributed by atoms with Crippen LogP contribution in [0, 0.1) is 0 Å². The van der Waals surface area contributed by atoms with Gasteiger partial charge in [-0.25, -0.2) is 0 Å². The van der Waals surface area contributed by atoms with Crippen LogP contribution in [0.2, 0.25) is 0 Å². The molecule has 1 aromatic rings. The molecule has 0 aliphatic carbocycles. The van der Waals surface area contributed by atoms with Gasteiger partial charge in [-0.3, -0.25) is 0 Å². The van der Waals surface area contributed by atoms with Crippen LogP contribution in [0.4, 0.5) is 0 Å². The van der Waals surface area contributed by atoms with Gasteiger partial charge in [0.1, 0.15) is 0 Å². The number of thioether (sulfide) groups is 1. The number of fused-ring (bicyclic) bond motifs is 1. The van der Waals surface area contributed by atoms with E-state index in [0.29, 0.717) is 6.54 Å². The Morgan fingerprint density at radius 2 is 2.29 bits per heavy atom. The maximum atomic E-state index is 9.80. The molecule has 1 aromatic carbocycles. The highest BCUT2D eigenvalue weighted by Gasteiger charge is 2.25. The second-order valence-electron chi connectivity index (χ2n) is 3.58. The third-order valence-corrected chi connectivity index (χ3v) is 3.83. The van der Waals surface area contributed by atoms with Gasteiger partial charge in [-0.05, 0) is 23.8 Å². The lowest BCUT2D eigenvalue weighted by atomic mass is 9.90. The van der Waals surface area contributed by atoms with Crippen molar-refractivity contribution in [2.75, 3.05) is 12.3 Å². The minimum absolute atomic E-state index is 0.234. The van der Waals surface area contributed by atoms with Crippen LogP contribution in [0.25, 0.3) is 0 Å². The van der Waals surface area contributed by atoms with Gasteiger partial charge in [0.2, 0.25) is 0 Å². The number of benzene rings is 1.